The second-order valence-electron chi connectivity index (χ2n) is 8.12. The summed E-state index contributed by atoms with van der Waals surface area (Å²) < 4.78 is 12.6. The van der Waals surface area contributed by atoms with E-state index in [2.05, 4.69) is 36.6 Å². The van der Waals surface area contributed by atoms with Crippen LogP contribution in [-0.2, 0) is 19.1 Å². The molecule has 32 heavy (non-hydrogen) atoms. The topological polar surface area (TPSA) is 60.8 Å². The third-order valence-electron chi connectivity index (χ3n) is 6.03. The van der Waals surface area contributed by atoms with E-state index >= 15 is 0 Å². The Bertz CT molecular complexity index is 1120. The first-order valence-corrected chi connectivity index (χ1v) is 10.9. The lowest BCUT2D eigenvalue weighted by molar-refractivity contribution is -0.138. The fourth-order valence-corrected chi connectivity index (χ4v) is 4.13. The first-order valence-electron chi connectivity index (χ1n) is 10.9. The number of aromatic nitrogens is 1. The monoisotopic (exact) mass is 436 g/mol. The fraction of sp³-hybridized carbons (Fsp3) is 0.385. The Balaban J connectivity index is 2.10. The third kappa shape index (κ3) is 4.28. The minimum atomic E-state index is -0.479. The number of allylic oxidation sites excluding steroid dienone is 1. The van der Waals surface area contributed by atoms with Crippen molar-refractivity contribution < 1.29 is 19.1 Å². The molecule has 2 aromatic rings. The average Bonchev–Trinajstić information content (AvgIpc) is 3.15. The molecule has 0 N–H and O–H groups in total. The molecule has 0 radical (unpaired) electrons. The summed E-state index contributed by atoms with van der Waals surface area (Å²) in [5.41, 5.74) is 7.77. The lowest BCUT2D eigenvalue weighted by Gasteiger charge is -2.16. The van der Waals surface area contributed by atoms with Gasteiger partial charge in [0.05, 0.1) is 24.4 Å². The normalized spacial score (nSPS) is 15.3. The van der Waals surface area contributed by atoms with Crippen LogP contribution in [0.15, 0.2) is 41.1 Å². The van der Waals surface area contributed by atoms with Gasteiger partial charge in [-0.3, -0.25) is 4.79 Å². The van der Waals surface area contributed by atoms with Crippen molar-refractivity contribution in [3.8, 4) is 5.69 Å². The maximum Gasteiger partial charge on any atom is 0.340 e. The molecule has 0 unspecified atom stereocenters. The average molecular weight is 437 g/mol. The molecule has 0 bridgehead atoms. The minimum Gasteiger partial charge on any atom is -0.462 e. The van der Waals surface area contributed by atoms with Crippen LogP contribution >= 0.6 is 0 Å². The van der Waals surface area contributed by atoms with Crippen LogP contribution in [0.25, 0.3) is 11.8 Å². The summed E-state index contributed by atoms with van der Waals surface area (Å²) in [5, 5.41) is 0. The van der Waals surface area contributed by atoms with Crippen LogP contribution in [0.5, 0.6) is 0 Å². The van der Waals surface area contributed by atoms with Gasteiger partial charge >= 0.3 is 5.97 Å². The molecule has 0 atom stereocenters. The maximum atomic E-state index is 13.2. The molecule has 1 aromatic heterocycles. The summed E-state index contributed by atoms with van der Waals surface area (Å²) in [4.78, 5) is 27.6. The SMILES string of the molecule is CCOC(=O)C1=C(C)N(CCOC)C(=O)/C1=C\c1cc(C)n(-c2ccc(C)c(C)c2)c1C. The van der Waals surface area contributed by atoms with Crippen LogP contribution in [0.2, 0.25) is 0 Å². The van der Waals surface area contributed by atoms with Crippen LogP contribution < -0.4 is 0 Å². The van der Waals surface area contributed by atoms with Crippen molar-refractivity contribution in [3.63, 3.8) is 0 Å². The molecular weight excluding hydrogens is 404 g/mol. The number of ether oxygens (including phenoxy) is 2. The van der Waals surface area contributed by atoms with E-state index in [1.807, 2.05) is 26.0 Å². The highest BCUT2D eigenvalue weighted by Crippen LogP contribution is 2.33. The van der Waals surface area contributed by atoms with E-state index in [1.165, 1.54) is 11.1 Å². The molecule has 6 nitrogen and oxygen atoms in total. The van der Waals surface area contributed by atoms with Gasteiger partial charge in [0.2, 0.25) is 0 Å². The van der Waals surface area contributed by atoms with Crippen LogP contribution in [0.1, 0.15) is 41.9 Å². The lowest BCUT2D eigenvalue weighted by Crippen LogP contribution is -2.28. The van der Waals surface area contributed by atoms with Crippen molar-refractivity contribution >= 4 is 18.0 Å². The van der Waals surface area contributed by atoms with E-state index < -0.39 is 5.97 Å². The van der Waals surface area contributed by atoms with Crippen molar-refractivity contribution in [2.45, 2.75) is 41.5 Å². The Labute approximate surface area is 190 Å². The summed E-state index contributed by atoms with van der Waals surface area (Å²) in [6.07, 6.45) is 1.81. The van der Waals surface area contributed by atoms with Gasteiger partial charge in [-0.05, 0) is 82.5 Å². The van der Waals surface area contributed by atoms with Crippen molar-refractivity contribution in [1.29, 1.82) is 0 Å². The molecule has 6 heteroatoms. The first kappa shape index (κ1) is 23.5. The Morgan fingerprint density at radius 3 is 2.41 bits per heavy atom. The Kier molecular flexibility index (Phi) is 7.04. The van der Waals surface area contributed by atoms with Crippen molar-refractivity contribution in [2.24, 2.45) is 0 Å². The first-order chi connectivity index (χ1) is 15.2. The second kappa shape index (κ2) is 9.57. The van der Waals surface area contributed by atoms with Gasteiger partial charge in [0.1, 0.15) is 0 Å². The van der Waals surface area contributed by atoms with Gasteiger partial charge in [-0.15, -0.1) is 0 Å². The van der Waals surface area contributed by atoms with Crippen LogP contribution in [0, 0.1) is 27.7 Å². The third-order valence-corrected chi connectivity index (χ3v) is 6.03. The molecule has 1 amide bonds. The summed E-state index contributed by atoms with van der Waals surface area (Å²) >= 11 is 0. The van der Waals surface area contributed by atoms with Crippen molar-refractivity contribution in [3.05, 3.63) is 69.2 Å². The molecule has 1 aliphatic heterocycles. The molecular formula is C26H32N2O4. The molecule has 0 saturated heterocycles. The smallest absolute Gasteiger partial charge is 0.340 e. The van der Waals surface area contributed by atoms with Gasteiger partial charge < -0.3 is 18.9 Å². The number of methoxy groups -OCH3 is 1. The zero-order chi connectivity index (χ0) is 23.6. The maximum absolute atomic E-state index is 13.2. The molecule has 0 saturated carbocycles. The van der Waals surface area contributed by atoms with E-state index in [9.17, 15) is 9.59 Å². The van der Waals surface area contributed by atoms with Gasteiger partial charge in [0.25, 0.3) is 5.91 Å². The number of nitrogens with zero attached hydrogens (tertiary/aromatic N) is 2. The quantitative estimate of drug-likeness (QED) is 0.476. The van der Waals surface area contributed by atoms with Crippen LogP contribution in [0.3, 0.4) is 0 Å². The van der Waals surface area contributed by atoms with Gasteiger partial charge in [0.15, 0.2) is 0 Å². The molecule has 0 aliphatic carbocycles. The summed E-state index contributed by atoms with van der Waals surface area (Å²) in [6, 6.07) is 8.41. The van der Waals surface area contributed by atoms with Gasteiger partial charge in [-0.25, -0.2) is 4.79 Å². The van der Waals surface area contributed by atoms with Crippen LogP contribution in [-0.4, -0.2) is 48.2 Å². The van der Waals surface area contributed by atoms with Gasteiger partial charge in [0, 0.05) is 36.4 Å². The van der Waals surface area contributed by atoms with Crippen molar-refractivity contribution in [2.75, 3.05) is 26.9 Å². The number of carbonyl (C=O) groups excluding carboxylic acids is 2. The highest BCUT2D eigenvalue weighted by Gasteiger charge is 2.37. The zero-order valence-electron chi connectivity index (χ0n) is 20.0. The molecule has 1 aliphatic rings. The Morgan fingerprint density at radius 1 is 1.06 bits per heavy atom. The fourth-order valence-electron chi connectivity index (χ4n) is 4.13. The predicted molar refractivity (Wildman–Crippen MR) is 126 cm³/mol. The van der Waals surface area contributed by atoms with E-state index in [-0.39, 0.29) is 12.5 Å². The van der Waals surface area contributed by atoms with E-state index in [4.69, 9.17) is 9.47 Å². The molecule has 1 aromatic carbocycles. The zero-order valence-corrected chi connectivity index (χ0v) is 20.0. The van der Waals surface area contributed by atoms with E-state index in [0.717, 1.165) is 22.6 Å². The van der Waals surface area contributed by atoms with Crippen LogP contribution in [0.4, 0.5) is 0 Å². The van der Waals surface area contributed by atoms with E-state index in [1.54, 1.807) is 25.9 Å². The molecule has 0 spiro atoms. The highest BCUT2D eigenvalue weighted by atomic mass is 16.5. The predicted octanol–water partition coefficient (Wildman–Crippen LogP) is 4.42. The lowest BCUT2D eigenvalue weighted by atomic mass is 10.0. The molecule has 170 valence electrons. The summed E-state index contributed by atoms with van der Waals surface area (Å²) in [6.45, 7) is 12.8. The number of hydrogen-bond acceptors (Lipinski definition) is 4. The van der Waals surface area contributed by atoms with Gasteiger partial charge in [-0.1, -0.05) is 6.07 Å². The standard InChI is InChI=1S/C26H32N2O4/c1-8-32-26(30)24-20(6)27(11-12-31-7)25(29)23(24)15-21-14-18(4)28(19(21)5)22-10-9-16(2)17(3)13-22/h9-10,13-15H,8,11-12H2,1-7H3/b23-15-. The van der Waals surface area contributed by atoms with Gasteiger partial charge in [-0.2, -0.15) is 0 Å². The van der Waals surface area contributed by atoms with E-state index in [0.29, 0.717) is 30.0 Å². The Hall–Kier alpha value is -3.12. The minimum absolute atomic E-state index is 0.210. The van der Waals surface area contributed by atoms with Crippen molar-refractivity contribution in [1.82, 2.24) is 9.47 Å². The molecule has 2 heterocycles. The molecule has 3 rings (SSSR count). The number of esters is 1. The number of benzene rings is 1. The number of hydrogen-bond donors (Lipinski definition) is 0. The number of rotatable bonds is 7. The highest BCUT2D eigenvalue weighted by molar-refractivity contribution is 6.16. The Morgan fingerprint density at radius 2 is 1.78 bits per heavy atom. The summed E-state index contributed by atoms with van der Waals surface area (Å²) in [5.74, 6) is -0.689. The largest absolute Gasteiger partial charge is 0.462 e. The number of amides is 1. The number of aryl methyl sites for hydroxylation is 3. The number of carbonyl (C=O) groups is 2. The summed E-state index contributed by atoms with van der Waals surface area (Å²) in [7, 11) is 1.59. The molecule has 0 fully saturated rings. The second-order valence-corrected chi connectivity index (χ2v) is 8.12.